The maximum Gasteiger partial charge on any atom is 0.308 e. The first-order valence-corrected chi connectivity index (χ1v) is 18.1. The minimum atomic E-state index is -1.23. The van der Waals surface area contributed by atoms with Crippen LogP contribution in [0.1, 0.15) is 72.8 Å². The molecule has 0 saturated carbocycles. The van der Waals surface area contributed by atoms with Gasteiger partial charge in [-0.2, -0.15) is 0 Å². The van der Waals surface area contributed by atoms with Crippen LogP contribution in [0, 0.1) is 35.4 Å². The number of hydrogen-bond donors (Lipinski definition) is 3. The molecule has 1 fully saturated rings. The smallest absolute Gasteiger partial charge is 0.308 e. The average molecular weight is 719 g/mol. The summed E-state index contributed by atoms with van der Waals surface area (Å²) in [7, 11) is 3.77. The Bertz CT molecular complexity index is 1340. The zero-order valence-electron chi connectivity index (χ0n) is 31.4. The number of esters is 1. The molecule has 2 aliphatic heterocycles. The number of oxime groups is 1. The van der Waals surface area contributed by atoms with Crippen LogP contribution in [0.25, 0.3) is 0 Å². The van der Waals surface area contributed by atoms with Crippen LogP contribution in [0.4, 0.5) is 4.39 Å². The monoisotopic (exact) mass is 718 g/mol. The van der Waals surface area contributed by atoms with Crippen LogP contribution < -0.4 is 0 Å². The highest BCUT2D eigenvalue weighted by Crippen LogP contribution is 2.35. The van der Waals surface area contributed by atoms with Crippen LogP contribution in [-0.4, -0.2) is 102 Å². The fourth-order valence-corrected chi connectivity index (χ4v) is 7.14. The summed E-state index contributed by atoms with van der Waals surface area (Å²) in [5, 5.41) is 37.7. The fourth-order valence-electron chi connectivity index (χ4n) is 7.14. The molecule has 0 radical (unpaired) electrons. The Hall–Kier alpha value is -3.00. The van der Waals surface area contributed by atoms with E-state index in [1.807, 2.05) is 65.8 Å². The topological polar surface area (TPSA) is 147 Å². The van der Waals surface area contributed by atoms with Crippen LogP contribution in [0.3, 0.4) is 0 Å². The van der Waals surface area contributed by atoms with Crippen molar-refractivity contribution in [1.29, 1.82) is 0 Å². The number of aliphatic hydroxyl groups is 3. The van der Waals surface area contributed by atoms with E-state index in [-0.39, 0.29) is 55.9 Å². The van der Waals surface area contributed by atoms with Gasteiger partial charge in [-0.3, -0.25) is 4.79 Å². The molecule has 12 atom stereocenters. The molecular formula is C39H59FN2O9. The number of likely N-dealkylation sites (N-methyl/N-ethyl adjacent to an activating group) is 1. The van der Waals surface area contributed by atoms with Crippen LogP contribution >= 0.6 is 0 Å². The average Bonchev–Trinajstić information content (AvgIpc) is 3.08. The van der Waals surface area contributed by atoms with E-state index in [0.717, 1.165) is 17.4 Å². The Morgan fingerprint density at radius 2 is 1.76 bits per heavy atom. The van der Waals surface area contributed by atoms with E-state index in [2.05, 4.69) is 5.16 Å². The van der Waals surface area contributed by atoms with Gasteiger partial charge in [-0.05, 0) is 70.5 Å². The quantitative estimate of drug-likeness (QED) is 0.175. The van der Waals surface area contributed by atoms with Crippen molar-refractivity contribution in [3.05, 3.63) is 59.4 Å². The number of aliphatic hydroxyl groups excluding tert-OH is 3. The van der Waals surface area contributed by atoms with Gasteiger partial charge in [0.2, 0.25) is 0 Å². The number of ether oxygens (including phenoxy) is 3. The Morgan fingerprint density at radius 3 is 2.37 bits per heavy atom. The summed E-state index contributed by atoms with van der Waals surface area (Å²) in [6.45, 7) is 11.2. The molecule has 286 valence electrons. The number of allylic oxidation sites excluding steroid dienone is 3. The minimum absolute atomic E-state index is 0.0114. The van der Waals surface area contributed by atoms with E-state index >= 15 is 0 Å². The molecular weight excluding hydrogens is 659 g/mol. The predicted molar refractivity (Wildman–Crippen MR) is 192 cm³/mol. The van der Waals surface area contributed by atoms with Gasteiger partial charge in [-0.25, -0.2) is 4.39 Å². The summed E-state index contributed by atoms with van der Waals surface area (Å²) in [5.41, 5.74) is 2.08. The van der Waals surface area contributed by atoms with Crippen molar-refractivity contribution in [2.75, 3.05) is 20.7 Å². The molecule has 0 aliphatic carbocycles. The van der Waals surface area contributed by atoms with Gasteiger partial charge < -0.3 is 44.1 Å². The first-order chi connectivity index (χ1) is 24.2. The van der Waals surface area contributed by atoms with E-state index in [9.17, 15) is 29.3 Å². The zero-order chi connectivity index (χ0) is 37.8. The van der Waals surface area contributed by atoms with E-state index in [1.165, 1.54) is 12.1 Å². The number of halogens is 1. The number of hydrogen-bond acceptors (Lipinski definition) is 11. The SMILES string of the molecule is CC[C@H]1OC(=O)C[C@@H](O)[C@H](C)[C@@H](OC2OC(C)C(C)C(N(C)C)C2O)[C@@H](CC=O)C[C@@H](C)C(=N\OCc2ccc(F)cc2)/C=C/C(C)=C/C1CO. The lowest BCUT2D eigenvalue weighted by atomic mass is 9.79. The highest BCUT2D eigenvalue weighted by Gasteiger charge is 2.46. The molecule has 2 heterocycles. The van der Waals surface area contributed by atoms with Gasteiger partial charge in [-0.1, -0.05) is 62.7 Å². The Morgan fingerprint density at radius 1 is 1.08 bits per heavy atom. The molecule has 2 aliphatic rings. The number of benzene rings is 1. The number of rotatable bonds is 10. The van der Waals surface area contributed by atoms with E-state index in [4.69, 9.17) is 19.0 Å². The Balaban J connectivity index is 2.07. The lowest BCUT2D eigenvalue weighted by molar-refractivity contribution is -0.294. The molecule has 0 amide bonds. The van der Waals surface area contributed by atoms with Crippen molar-refractivity contribution >= 4 is 18.0 Å². The lowest BCUT2D eigenvalue weighted by Crippen LogP contribution is -2.60. The van der Waals surface area contributed by atoms with Crippen LogP contribution in [-0.2, 0) is 35.2 Å². The van der Waals surface area contributed by atoms with Gasteiger partial charge in [0, 0.05) is 36.1 Å². The summed E-state index contributed by atoms with van der Waals surface area (Å²) in [4.78, 5) is 33.1. The molecule has 51 heavy (non-hydrogen) atoms. The summed E-state index contributed by atoms with van der Waals surface area (Å²) in [5.74, 6) is -2.98. The number of carbonyl (C=O) groups is 2. The van der Waals surface area contributed by atoms with Gasteiger partial charge >= 0.3 is 5.97 Å². The Labute approximate surface area is 302 Å². The minimum Gasteiger partial charge on any atom is -0.462 e. The van der Waals surface area contributed by atoms with Crippen LogP contribution in [0.15, 0.2) is 53.2 Å². The first kappa shape index (κ1) is 42.4. The second-order valence-corrected chi connectivity index (χ2v) is 14.5. The number of aldehydes is 1. The van der Waals surface area contributed by atoms with Gasteiger partial charge in [0.1, 0.15) is 30.9 Å². The third kappa shape index (κ3) is 12.0. The normalized spacial score (nSPS) is 37.0. The van der Waals surface area contributed by atoms with Crippen molar-refractivity contribution in [1.82, 2.24) is 4.90 Å². The fraction of sp³-hybridized carbons (Fsp3) is 0.667. The third-order valence-electron chi connectivity index (χ3n) is 10.4. The molecule has 1 saturated heterocycles. The largest absolute Gasteiger partial charge is 0.462 e. The van der Waals surface area contributed by atoms with Crippen LogP contribution in [0.5, 0.6) is 0 Å². The summed E-state index contributed by atoms with van der Waals surface area (Å²) in [6, 6.07) is 5.65. The van der Waals surface area contributed by atoms with Gasteiger partial charge in [0.25, 0.3) is 0 Å². The van der Waals surface area contributed by atoms with Crippen molar-refractivity contribution in [3.8, 4) is 0 Å². The maximum atomic E-state index is 13.5. The van der Waals surface area contributed by atoms with Crippen molar-refractivity contribution in [3.63, 3.8) is 0 Å². The van der Waals surface area contributed by atoms with E-state index in [1.54, 1.807) is 25.1 Å². The molecule has 6 unspecified atom stereocenters. The molecule has 1 aromatic rings. The van der Waals surface area contributed by atoms with Gasteiger partial charge in [0.15, 0.2) is 6.29 Å². The molecule has 0 bridgehead atoms. The van der Waals surface area contributed by atoms with Crippen LogP contribution in [0.2, 0.25) is 0 Å². The molecule has 3 N–H and O–H groups in total. The maximum absolute atomic E-state index is 13.5. The number of cyclic esters (lactones) is 1. The molecule has 3 rings (SSSR count). The number of nitrogens with zero attached hydrogens (tertiary/aromatic N) is 2. The highest BCUT2D eigenvalue weighted by atomic mass is 19.1. The second kappa shape index (κ2) is 20.3. The number of carbonyl (C=O) groups excluding carboxylic acids is 2. The molecule has 0 spiro atoms. The van der Waals surface area contributed by atoms with Gasteiger partial charge in [-0.15, -0.1) is 0 Å². The van der Waals surface area contributed by atoms with Crippen molar-refractivity contribution < 1.29 is 48.3 Å². The lowest BCUT2D eigenvalue weighted by Gasteiger charge is -2.47. The summed E-state index contributed by atoms with van der Waals surface area (Å²) < 4.78 is 32.1. The Kier molecular flexibility index (Phi) is 16.9. The van der Waals surface area contributed by atoms with Gasteiger partial charge in [0.05, 0.1) is 37.1 Å². The standard InChI is InChI=1S/C39H59FN2O9/c1-9-34-30(21-44)18-23(2)10-15-32(41-48-22-28-11-13-31(40)14-12-28)24(3)19-29(16-17-43)38(26(5)33(45)20-35(46)50-34)51-39-37(47)36(42(7)8)25(4)27(6)49-39/h10-15,17-18,24-27,29-30,33-34,36-39,44-45,47H,9,16,19-22H2,1-8H3/b15-10+,23-18+,41-32-/t24-,25?,26+,27?,29+,30?,33-,34-,36?,37?,38-,39?/m1/s1. The van der Waals surface area contributed by atoms with E-state index in [0.29, 0.717) is 18.6 Å². The summed E-state index contributed by atoms with van der Waals surface area (Å²) >= 11 is 0. The third-order valence-corrected chi connectivity index (χ3v) is 10.4. The molecule has 0 aromatic heterocycles. The predicted octanol–water partition coefficient (Wildman–Crippen LogP) is 4.82. The van der Waals surface area contributed by atoms with E-state index < -0.39 is 54.4 Å². The molecule has 1 aromatic carbocycles. The zero-order valence-corrected chi connectivity index (χ0v) is 31.4. The highest BCUT2D eigenvalue weighted by molar-refractivity contribution is 5.96. The van der Waals surface area contributed by atoms with Crippen molar-refractivity contribution in [2.45, 2.75) is 117 Å². The van der Waals surface area contributed by atoms with Crippen molar-refractivity contribution in [2.24, 2.45) is 34.7 Å². The molecule has 12 heteroatoms. The first-order valence-electron chi connectivity index (χ1n) is 18.1. The summed E-state index contributed by atoms with van der Waals surface area (Å²) in [6.07, 6.45) is 1.72. The molecule has 11 nitrogen and oxygen atoms in total. The second-order valence-electron chi connectivity index (χ2n) is 14.5.